The number of fused-ring (bicyclic) bond motifs is 1. The highest BCUT2D eigenvalue weighted by atomic mass is 79.9. The minimum absolute atomic E-state index is 0.233. The first-order valence-corrected chi connectivity index (χ1v) is 10.4. The van der Waals surface area contributed by atoms with Crippen LogP contribution in [0, 0.1) is 6.92 Å². The van der Waals surface area contributed by atoms with Gasteiger partial charge in [-0.2, -0.15) is 0 Å². The summed E-state index contributed by atoms with van der Waals surface area (Å²) in [6.07, 6.45) is 0. The molecule has 1 aromatic heterocycles. The lowest BCUT2D eigenvalue weighted by molar-refractivity contribution is 0.251. The van der Waals surface area contributed by atoms with Gasteiger partial charge in [0.05, 0.1) is 10.2 Å². The van der Waals surface area contributed by atoms with E-state index in [0.717, 1.165) is 31.8 Å². The third-order valence-corrected chi connectivity index (χ3v) is 5.84. The summed E-state index contributed by atoms with van der Waals surface area (Å²) < 4.78 is 2.18. The van der Waals surface area contributed by atoms with Crippen LogP contribution in [0.4, 0.5) is 10.5 Å². The molecule has 0 aliphatic carbocycles. The molecule has 0 spiro atoms. The Morgan fingerprint density at radius 1 is 1.07 bits per heavy atom. The van der Waals surface area contributed by atoms with Crippen LogP contribution in [0.5, 0.6) is 0 Å². The predicted octanol–water partition coefficient (Wildman–Crippen LogP) is 6.36. The first-order valence-electron chi connectivity index (χ1n) is 8.84. The number of nitrogens with one attached hydrogen (secondary N) is 2. The summed E-state index contributed by atoms with van der Waals surface area (Å²) in [4.78, 5) is 16.8. The van der Waals surface area contributed by atoms with Crippen molar-refractivity contribution in [2.75, 3.05) is 5.32 Å². The van der Waals surface area contributed by atoms with Crippen molar-refractivity contribution < 1.29 is 4.79 Å². The van der Waals surface area contributed by atoms with Crippen molar-refractivity contribution in [3.8, 4) is 10.6 Å². The third kappa shape index (κ3) is 4.40. The number of urea groups is 1. The number of halogens is 1. The Kier molecular flexibility index (Phi) is 5.41. The molecule has 0 bridgehead atoms. The Labute approximate surface area is 175 Å². The first-order chi connectivity index (χ1) is 13.6. The van der Waals surface area contributed by atoms with Gasteiger partial charge in [-0.1, -0.05) is 34.1 Å². The quantitative estimate of drug-likeness (QED) is 0.379. The molecule has 0 aliphatic heterocycles. The molecular formula is C22H18BrN3OS. The van der Waals surface area contributed by atoms with E-state index >= 15 is 0 Å². The number of benzene rings is 3. The fourth-order valence-electron chi connectivity index (χ4n) is 2.86. The van der Waals surface area contributed by atoms with Gasteiger partial charge in [0.1, 0.15) is 5.01 Å². The second-order valence-electron chi connectivity index (χ2n) is 6.51. The SMILES string of the molecule is Cc1ccc2nc(-c3ccc(NC(=O)NCc4cccc(Br)c4)cc3)sc2c1. The molecule has 0 unspecified atom stereocenters. The molecular weight excluding hydrogens is 434 g/mol. The number of aromatic nitrogens is 1. The molecule has 0 fully saturated rings. The summed E-state index contributed by atoms with van der Waals surface area (Å²) in [6.45, 7) is 2.55. The molecule has 2 N–H and O–H groups in total. The van der Waals surface area contributed by atoms with E-state index in [2.05, 4.69) is 51.7 Å². The van der Waals surface area contributed by atoms with Crippen LogP contribution in [0.25, 0.3) is 20.8 Å². The zero-order chi connectivity index (χ0) is 19.5. The number of thiazole rings is 1. The van der Waals surface area contributed by atoms with Crippen LogP contribution in [0.3, 0.4) is 0 Å². The molecule has 1 heterocycles. The number of rotatable bonds is 4. The van der Waals surface area contributed by atoms with Gasteiger partial charge in [0.2, 0.25) is 0 Å². The number of nitrogens with zero attached hydrogens (tertiary/aromatic N) is 1. The Morgan fingerprint density at radius 3 is 2.68 bits per heavy atom. The number of aryl methyl sites for hydroxylation is 1. The van der Waals surface area contributed by atoms with E-state index in [-0.39, 0.29) is 6.03 Å². The normalized spacial score (nSPS) is 10.8. The predicted molar refractivity (Wildman–Crippen MR) is 120 cm³/mol. The van der Waals surface area contributed by atoms with Crippen LogP contribution in [0.2, 0.25) is 0 Å². The van der Waals surface area contributed by atoms with E-state index in [9.17, 15) is 4.79 Å². The van der Waals surface area contributed by atoms with Gasteiger partial charge >= 0.3 is 6.03 Å². The molecule has 0 atom stereocenters. The fourth-order valence-corrected chi connectivity index (χ4v) is 4.37. The summed E-state index contributed by atoms with van der Waals surface area (Å²) in [6, 6.07) is 21.7. The van der Waals surface area contributed by atoms with E-state index in [4.69, 9.17) is 4.98 Å². The average Bonchev–Trinajstić information content (AvgIpc) is 3.10. The lowest BCUT2D eigenvalue weighted by Crippen LogP contribution is -2.28. The Morgan fingerprint density at radius 2 is 1.89 bits per heavy atom. The summed E-state index contributed by atoms with van der Waals surface area (Å²) in [5, 5.41) is 6.70. The second-order valence-corrected chi connectivity index (χ2v) is 8.45. The molecule has 2 amide bonds. The van der Waals surface area contributed by atoms with Crippen molar-refractivity contribution in [3.63, 3.8) is 0 Å². The summed E-state index contributed by atoms with van der Waals surface area (Å²) in [7, 11) is 0. The number of carbonyl (C=O) groups excluding carboxylic acids is 1. The highest BCUT2D eigenvalue weighted by molar-refractivity contribution is 9.10. The number of anilines is 1. The molecule has 0 saturated heterocycles. The van der Waals surface area contributed by atoms with Crippen LogP contribution in [0.1, 0.15) is 11.1 Å². The van der Waals surface area contributed by atoms with E-state index in [1.165, 1.54) is 10.3 Å². The highest BCUT2D eigenvalue weighted by Crippen LogP contribution is 2.31. The van der Waals surface area contributed by atoms with E-state index < -0.39 is 0 Å². The average molecular weight is 452 g/mol. The Balaban J connectivity index is 1.40. The minimum Gasteiger partial charge on any atom is -0.334 e. The maximum Gasteiger partial charge on any atom is 0.319 e. The smallest absolute Gasteiger partial charge is 0.319 e. The van der Waals surface area contributed by atoms with Gasteiger partial charge < -0.3 is 10.6 Å². The monoisotopic (exact) mass is 451 g/mol. The lowest BCUT2D eigenvalue weighted by atomic mass is 10.2. The van der Waals surface area contributed by atoms with Crippen molar-refractivity contribution in [1.82, 2.24) is 10.3 Å². The van der Waals surface area contributed by atoms with Gasteiger partial charge in [-0.05, 0) is 66.6 Å². The molecule has 6 heteroatoms. The molecule has 3 aromatic carbocycles. The molecule has 0 aliphatic rings. The first kappa shape index (κ1) is 18.7. The van der Waals surface area contributed by atoms with Gasteiger partial charge in [-0.3, -0.25) is 0 Å². The van der Waals surface area contributed by atoms with Crippen molar-refractivity contribution in [2.24, 2.45) is 0 Å². The maximum atomic E-state index is 12.1. The van der Waals surface area contributed by atoms with Gasteiger partial charge in [0, 0.05) is 22.3 Å². The fraction of sp³-hybridized carbons (Fsp3) is 0.0909. The van der Waals surface area contributed by atoms with E-state index in [1.54, 1.807) is 11.3 Å². The molecule has 4 rings (SSSR count). The van der Waals surface area contributed by atoms with Crippen LogP contribution < -0.4 is 10.6 Å². The number of carbonyl (C=O) groups is 1. The summed E-state index contributed by atoms with van der Waals surface area (Å²) >= 11 is 5.11. The number of hydrogen-bond acceptors (Lipinski definition) is 3. The second kappa shape index (κ2) is 8.12. The zero-order valence-corrected chi connectivity index (χ0v) is 17.6. The highest BCUT2D eigenvalue weighted by Gasteiger charge is 2.07. The van der Waals surface area contributed by atoms with Gasteiger partial charge in [-0.15, -0.1) is 11.3 Å². The lowest BCUT2D eigenvalue weighted by Gasteiger charge is -2.08. The largest absolute Gasteiger partial charge is 0.334 e. The van der Waals surface area contributed by atoms with Gasteiger partial charge in [-0.25, -0.2) is 9.78 Å². The van der Waals surface area contributed by atoms with Gasteiger partial charge in [0.25, 0.3) is 0 Å². The van der Waals surface area contributed by atoms with Gasteiger partial charge in [0.15, 0.2) is 0 Å². The summed E-state index contributed by atoms with van der Waals surface area (Å²) in [5.74, 6) is 0. The Hall–Kier alpha value is -2.70. The van der Waals surface area contributed by atoms with Crippen LogP contribution >= 0.6 is 27.3 Å². The third-order valence-electron chi connectivity index (χ3n) is 4.28. The van der Waals surface area contributed by atoms with Crippen molar-refractivity contribution in [3.05, 3.63) is 82.3 Å². The Bertz CT molecular complexity index is 1140. The maximum absolute atomic E-state index is 12.1. The van der Waals surface area contributed by atoms with E-state index in [0.29, 0.717) is 6.54 Å². The molecule has 0 saturated carbocycles. The van der Waals surface area contributed by atoms with Crippen molar-refractivity contribution in [2.45, 2.75) is 13.5 Å². The molecule has 4 aromatic rings. The van der Waals surface area contributed by atoms with Crippen LogP contribution in [-0.4, -0.2) is 11.0 Å². The number of hydrogen-bond donors (Lipinski definition) is 2. The minimum atomic E-state index is -0.233. The number of amides is 2. The van der Waals surface area contributed by atoms with Crippen LogP contribution in [0.15, 0.2) is 71.2 Å². The molecule has 4 nitrogen and oxygen atoms in total. The molecule has 140 valence electrons. The van der Waals surface area contributed by atoms with Crippen molar-refractivity contribution >= 4 is 49.2 Å². The van der Waals surface area contributed by atoms with E-state index in [1.807, 2.05) is 48.5 Å². The summed E-state index contributed by atoms with van der Waals surface area (Å²) in [5.41, 5.74) is 5.06. The molecule has 28 heavy (non-hydrogen) atoms. The van der Waals surface area contributed by atoms with Crippen molar-refractivity contribution in [1.29, 1.82) is 0 Å². The van der Waals surface area contributed by atoms with Crippen LogP contribution in [-0.2, 0) is 6.54 Å². The zero-order valence-electron chi connectivity index (χ0n) is 15.2. The molecule has 0 radical (unpaired) electrons. The topological polar surface area (TPSA) is 54.0 Å². The standard InChI is InChI=1S/C22H18BrN3OS/c1-14-5-10-19-20(11-14)28-21(26-19)16-6-8-18(9-7-16)25-22(27)24-13-15-3-2-4-17(23)12-15/h2-12H,13H2,1H3,(H2,24,25,27).